The quantitative estimate of drug-likeness (QED) is 0.274. The Bertz CT molecular complexity index is 1140. The van der Waals surface area contributed by atoms with Gasteiger partial charge >= 0.3 is 5.97 Å². The minimum Gasteiger partial charge on any atom is -0.460 e. The average molecular weight is 510 g/mol. The Kier molecular flexibility index (Phi) is 7.03. The SMILES string of the molecule is O=C(OC1CCCN(C(=O)C2CC2)C1COC(c1ccccc1)(c1ccccc1)c1ccccc1)C1CC1. The highest BCUT2D eigenvalue weighted by Crippen LogP contribution is 2.42. The molecule has 2 atom stereocenters. The maximum Gasteiger partial charge on any atom is 0.309 e. The summed E-state index contributed by atoms with van der Waals surface area (Å²) in [4.78, 5) is 28.1. The summed E-state index contributed by atoms with van der Waals surface area (Å²) in [6.07, 6.45) is 4.90. The van der Waals surface area contributed by atoms with Crippen LogP contribution in [0.3, 0.4) is 0 Å². The van der Waals surface area contributed by atoms with Gasteiger partial charge in [-0.15, -0.1) is 0 Å². The zero-order valence-corrected chi connectivity index (χ0v) is 21.7. The highest BCUT2D eigenvalue weighted by molar-refractivity contribution is 5.81. The molecule has 1 amide bonds. The van der Waals surface area contributed by atoms with E-state index in [1.54, 1.807) is 0 Å². The molecule has 1 saturated heterocycles. The summed E-state index contributed by atoms with van der Waals surface area (Å²) in [5, 5.41) is 0. The van der Waals surface area contributed by atoms with Crippen LogP contribution in [0.1, 0.15) is 55.2 Å². The van der Waals surface area contributed by atoms with Crippen LogP contribution in [0.5, 0.6) is 0 Å². The van der Waals surface area contributed by atoms with Crippen molar-refractivity contribution >= 4 is 11.9 Å². The number of hydrogen-bond donors (Lipinski definition) is 0. The highest BCUT2D eigenvalue weighted by Gasteiger charge is 2.46. The van der Waals surface area contributed by atoms with Gasteiger partial charge in [-0.1, -0.05) is 91.0 Å². The lowest BCUT2D eigenvalue weighted by molar-refractivity contribution is -0.166. The van der Waals surface area contributed by atoms with E-state index in [9.17, 15) is 9.59 Å². The van der Waals surface area contributed by atoms with Gasteiger partial charge < -0.3 is 14.4 Å². The molecular formula is C33H35NO4. The zero-order chi connectivity index (χ0) is 26.0. The van der Waals surface area contributed by atoms with E-state index in [0.717, 1.165) is 55.2 Å². The Labute approximate surface area is 224 Å². The number of nitrogens with zero attached hydrogens (tertiary/aromatic N) is 1. The van der Waals surface area contributed by atoms with E-state index in [0.29, 0.717) is 6.54 Å². The second-order valence-corrected chi connectivity index (χ2v) is 10.9. The summed E-state index contributed by atoms with van der Waals surface area (Å²) in [5.41, 5.74) is 2.15. The predicted octanol–water partition coefficient (Wildman–Crippen LogP) is 5.72. The van der Waals surface area contributed by atoms with Crippen LogP contribution in [-0.4, -0.2) is 42.1 Å². The van der Waals surface area contributed by atoms with Gasteiger partial charge in [0, 0.05) is 12.5 Å². The molecule has 3 aromatic rings. The molecule has 38 heavy (non-hydrogen) atoms. The fourth-order valence-electron chi connectivity index (χ4n) is 5.74. The summed E-state index contributed by atoms with van der Waals surface area (Å²) in [6, 6.07) is 30.5. The van der Waals surface area contributed by atoms with Gasteiger partial charge in [-0.05, 0) is 55.2 Å². The number of carbonyl (C=O) groups excluding carboxylic acids is 2. The molecule has 1 aliphatic heterocycles. The minimum absolute atomic E-state index is 0.0168. The predicted molar refractivity (Wildman–Crippen MR) is 145 cm³/mol. The standard InChI is InChI=1S/C33H35NO4/c35-31(24-18-19-24)34-22-10-17-30(38-32(36)25-20-21-25)29(34)23-37-33(26-11-4-1-5-12-26,27-13-6-2-7-14-27)28-15-8-3-9-16-28/h1-9,11-16,24-25,29-30H,10,17-23H2. The van der Waals surface area contributed by atoms with Gasteiger partial charge in [0.05, 0.1) is 18.6 Å². The Balaban J connectivity index is 1.39. The van der Waals surface area contributed by atoms with Gasteiger partial charge in [0.2, 0.25) is 5.91 Å². The molecule has 0 bridgehead atoms. The van der Waals surface area contributed by atoms with E-state index in [1.165, 1.54) is 0 Å². The van der Waals surface area contributed by atoms with E-state index in [1.807, 2.05) is 59.5 Å². The van der Waals surface area contributed by atoms with Crippen molar-refractivity contribution in [3.05, 3.63) is 108 Å². The lowest BCUT2D eigenvalue weighted by atomic mass is 9.80. The molecule has 2 unspecified atom stereocenters. The van der Waals surface area contributed by atoms with Gasteiger partial charge in [0.15, 0.2) is 0 Å². The lowest BCUT2D eigenvalue weighted by Crippen LogP contribution is -2.56. The first kappa shape index (κ1) is 24.9. The Morgan fingerprint density at radius 1 is 0.711 bits per heavy atom. The van der Waals surface area contributed by atoms with Crippen molar-refractivity contribution < 1.29 is 19.1 Å². The third-order valence-electron chi connectivity index (χ3n) is 8.12. The van der Waals surface area contributed by atoms with E-state index < -0.39 is 5.60 Å². The fourth-order valence-corrected chi connectivity index (χ4v) is 5.74. The van der Waals surface area contributed by atoms with E-state index in [-0.39, 0.29) is 42.5 Å². The molecular weight excluding hydrogens is 474 g/mol. The summed E-state index contributed by atoms with van der Waals surface area (Å²) in [5.74, 6) is 0.164. The Morgan fingerprint density at radius 2 is 1.21 bits per heavy atom. The van der Waals surface area contributed by atoms with Crippen LogP contribution in [0.25, 0.3) is 0 Å². The molecule has 3 aromatic carbocycles. The smallest absolute Gasteiger partial charge is 0.309 e. The normalized spacial score (nSPS) is 21.6. The Hall–Kier alpha value is -3.44. The Morgan fingerprint density at radius 3 is 1.68 bits per heavy atom. The molecule has 0 aromatic heterocycles. The third kappa shape index (κ3) is 5.00. The van der Waals surface area contributed by atoms with Crippen molar-refractivity contribution in [3.63, 3.8) is 0 Å². The number of benzene rings is 3. The van der Waals surface area contributed by atoms with Crippen molar-refractivity contribution in [2.45, 2.75) is 56.3 Å². The van der Waals surface area contributed by atoms with Gasteiger partial charge in [0.1, 0.15) is 11.7 Å². The molecule has 2 saturated carbocycles. The van der Waals surface area contributed by atoms with Crippen LogP contribution in [0.4, 0.5) is 0 Å². The van der Waals surface area contributed by atoms with Gasteiger partial charge in [-0.2, -0.15) is 0 Å². The highest BCUT2D eigenvalue weighted by atomic mass is 16.6. The van der Waals surface area contributed by atoms with Crippen molar-refractivity contribution in [3.8, 4) is 0 Å². The number of likely N-dealkylation sites (tertiary alicyclic amines) is 1. The van der Waals surface area contributed by atoms with Crippen LogP contribution < -0.4 is 0 Å². The first-order valence-electron chi connectivity index (χ1n) is 14.0. The molecule has 5 nitrogen and oxygen atoms in total. The van der Waals surface area contributed by atoms with Crippen LogP contribution in [-0.2, 0) is 24.7 Å². The number of hydrogen-bond acceptors (Lipinski definition) is 4. The van der Waals surface area contributed by atoms with Gasteiger partial charge in [-0.3, -0.25) is 9.59 Å². The molecule has 1 heterocycles. The first-order chi connectivity index (χ1) is 18.7. The second kappa shape index (κ2) is 10.7. The number of esters is 1. The van der Waals surface area contributed by atoms with Gasteiger partial charge in [0.25, 0.3) is 0 Å². The van der Waals surface area contributed by atoms with Crippen LogP contribution in [0.2, 0.25) is 0 Å². The largest absolute Gasteiger partial charge is 0.460 e. The molecule has 2 aliphatic carbocycles. The van der Waals surface area contributed by atoms with Crippen LogP contribution in [0.15, 0.2) is 91.0 Å². The topological polar surface area (TPSA) is 55.8 Å². The van der Waals surface area contributed by atoms with Crippen molar-refractivity contribution in [1.82, 2.24) is 4.90 Å². The van der Waals surface area contributed by atoms with Crippen LogP contribution >= 0.6 is 0 Å². The third-order valence-corrected chi connectivity index (χ3v) is 8.12. The van der Waals surface area contributed by atoms with E-state index >= 15 is 0 Å². The maximum absolute atomic E-state index is 13.4. The maximum atomic E-state index is 13.4. The first-order valence-corrected chi connectivity index (χ1v) is 14.0. The number of carbonyl (C=O) groups is 2. The number of piperidine rings is 1. The van der Waals surface area contributed by atoms with Crippen molar-refractivity contribution in [1.29, 1.82) is 0 Å². The molecule has 196 valence electrons. The van der Waals surface area contributed by atoms with Crippen LogP contribution in [0, 0.1) is 11.8 Å². The molecule has 3 fully saturated rings. The summed E-state index contributed by atoms with van der Waals surface area (Å²) in [6.45, 7) is 0.940. The molecule has 0 spiro atoms. The zero-order valence-electron chi connectivity index (χ0n) is 21.7. The molecule has 0 radical (unpaired) electrons. The molecule has 3 aliphatic rings. The lowest BCUT2D eigenvalue weighted by Gasteiger charge is -2.43. The molecule has 5 heteroatoms. The fraction of sp³-hybridized carbons (Fsp3) is 0.394. The summed E-state index contributed by atoms with van der Waals surface area (Å²) < 4.78 is 13.2. The van der Waals surface area contributed by atoms with E-state index in [4.69, 9.17) is 9.47 Å². The van der Waals surface area contributed by atoms with Crippen molar-refractivity contribution in [2.24, 2.45) is 11.8 Å². The van der Waals surface area contributed by atoms with Crippen molar-refractivity contribution in [2.75, 3.05) is 13.2 Å². The number of ether oxygens (including phenoxy) is 2. The van der Waals surface area contributed by atoms with Gasteiger partial charge in [-0.25, -0.2) is 0 Å². The molecule has 0 N–H and O–H groups in total. The monoisotopic (exact) mass is 509 g/mol. The minimum atomic E-state index is -0.888. The average Bonchev–Trinajstić information content (AvgIpc) is 3.89. The van der Waals surface area contributed by atoms with E-state index in [2.05, 4.69) is 36.4 Å². The number of amides is 1. The second-order valence-electron chi connectivity index (χ2n) is 10.9. The summed E-state index contributed by atoms with van der Waals surface area (Å²) in [7, 11) is 0. The summed E-state index contributed by atoms with van der Waals surface area (Å²) >= 11 is 0. The molecule has 6 rings (SSSR count). The number of rotatable bonds is 9.